The number of carbonyl (C=O) groups is 1. The first kappa shape index (κ1) is 10.8. The minimum absolute atomic E-state index is 0.0204. The lowest BCUT2D eigenvalue weighted by atomic mass is 10.1. The van der Waals surface area contributed by atoms with E-state index in [2.05, 4.69) is 5.92 Å². The standard InChI is InChI=1S/C14H15NO/c1-3-13-8-5-9-15(13)14(16)12-7-4-6-11(2)10-12/h1,4,6-7,10,13H,5,8-9H2,2H3. The fraction of sp³-hybridized carbons (Fsp3) is 0.357. The molecule has 0 radical (unpaired) electrons. The van der Waals surface area contributed by atoms with Gasteiger partial charge in [0.05, 0.1) is 6.04 Å². The number of hydrogen-bond donors (Lipinski definition) is 0. The molecule has 1 fully saturated rings. The number of benzene rings is 1. The Labute approximate surface area is 96.3 Å². The van der Waals surface area contributed by atoms with E-state index in [4.69, 9.17) is 6.42 Å². The number of aryl methyl sites for hydroxylation is 1. The van der Waals surface area contributed by atoms with Gasteiger partial charge in [-0.2, -0.15) is 0 Å². The molecule has 0 aliphatic carbocycles. The number of rotatable bonds is 1. The van der Waals surface area contributed by atoms with Crippen LogP contribution in [-0.4, -0.2) is 23.4 Å². The largest absolute Gasteiger partial charge is 0.325 e. The summed E-state index contributed by atoms with van der Waals surface area (Å²) in [6, 6.07) is 7.63. The molecule has 0 aromatic heterocycles. The van der Waals surface area contributed by atoms with Gasteiger partial charge in [-0.3, -0.25) is 4.79 Å². The molecule has 0 spiro atoms. The minimum Gasteiger partial charge on any atom is -0.325 e. The van der Waals surface area contributed by atoms with E-state index in [0.29, 0.717) is 0 Å². The summed E-state index contributed by atoms with van der Waals surface area (Å²) in [5, 5.41) is 0. The quantitative estimate of drug-likeness (QED) is 0.655. The molecule has 1 atom stereocenters. The van der Waals surface area contributed by atoms with Crippen molar-refractivity contribution >= 4 is 5.91 Å². The van der Waals surface area contributed by atoms with Crippen LogP contribution in [0.2, 0.25) is 0 Å². The zero-order valence-electron chi connectivity index (χ0n) is 9.44. The van der Waals surface area contributed by atoms with Crippen molar-refractivity contribution in [3.05, 3.63) is 35.4 Å². The maximum atomic E-state index is 12.2. The summed E-state index contributed by atoms with van der Waals surface area (Å²) in [4.78, 5) is 14.0. The molecule has 1 aliphatic heterocycles. The summed E-state index contributed by atoms with van der Waals surface area (Å²) in [5.74, 6) is 2.74. The highest BCUT2D eigenvalue weighted by molar-refractivity contribution is 5.95. The van der Waals surface area contributed by atoms with Crippen molar-refractivity contribution in [1.82, 2.24) is 4.90 Å². The average Bonchev–Trinajstić information content (AvgIpc) is 2.76. The van der Waals surface area contributed by atoms with Crippen LogP contribution in [0.3, 0.4) is 0 Å². The zero-order valence-corrected chi connectivity index (χ0v) is 9.44. The number of likely N-dealkylation sites (tertiary alicyclic amines) is 1. The number of nitrogens with zero attached hydrogens (tertiary/aromatic N) is 1. The van der Waals surface area contributed by atoms with Gasteiger partial charge in [0.1, 0.15) is 0 Å². The van der Waals surface area contributed by atoms with E-state index < -0.39 is 0 Å². The Morgan fingerprint density at radius 1 is 1.56 bits per heavy atom. The molecule has 0 bridgehead atoms. The second kappa shape index (κ2) is 4.40. The Morgan fingerprint density at radius 3 is 3.06 bits per heavy atom. The van der Waals surface area contributed by atoms with E-state index in [0.717, 1.165) is 30.5 Å². The van der Waals surface area contributed by atoms with Crippen molar-refractivity contribution in [2.45, 2.75) is 25.8 Å². The van der Waals surface area contributed by atoms with Crippen molar-refractivity contribution in [3.63, 3.8) is 0 Å². The van der Waals surface area contributed by atoms with Gasteiger partial charge in [-0.05, 0) is 31.9 Å². The zero-order chi connectivity index (χ0) is 11.5. The highest BCUT2D eigenvalue weighted by Crippen LogP contribution is 2.19. The SMILES string of the molecule is C#CC1CCCN1C(=O)c1cccc(C)c1. The van der Waals surface area contributed by atoms with E-state index in [1.165, 1.54) is 0 Å². The molecule has 0 saturated carbocycles. The number of carbonyl (C=O) groups excluding carboxylic acids is 1. The van der Waals surface area contributed by atoms with E-state index in [1.54, 1.807) is 4.90 Å². The smallest absolute Gasteiger partial charge is 0.254 e. The molecular formula is C14H15NO. The Morgan fingerprint density at radius 2 is 2.38 bits per heavy atom. The van der Waals surface area contributed by atoms with Gasteiger partial charge in [-0.15, -0.1) is 6.42 Å². The lowest BCUT2D eigenvalue weighted by Gasteiger charge is -2.20. The molecule has 1 amide bonds. The summed E-state index contributed by atoms with van der Waals surface area (Å²) in [6.45, 7) is 2.76. The predicted molar refractivity (Wildman–Crippen MR) is 64.1 cm³/mol. The van der Waals surface area contributed by atoms with Crippen LogP contribution in [0.15, 0.2) is 24.3 Å². The van der Waals surface area contributed by atoms with Gasteiger partial charge in [0.25, 0.3) is 5.91 Å². The summed E-state index contributed by atoms with van der Waals surface area (Å²) in [5.41, 5.74) is 1.84. The van der Waals surface area contributed by atoms with Gasteiger partial charge in [-0.25, -0.2) is 0 Å². The summed E-state index contributed by atoms with van der Waals surface area (Å²) in [6.07, 6.45) is 7.36. The molecule has 1 heterocycles. The van der Waals surface area contributed by atoms with Crippen molar-refractivity contribution in [2.75, 3.05) is 6.54 Å². The van der Waals surface area contributed by atoms with Crippen LogP contribution in [-0.2, 0) is 0 Å². The van der Waals surface area contributed by atoms with Crippen LogP contribution in [0.25, 0.3) is 0 Å². The molecule has 2 heteroatoms. The van der Waals surface area contributed by atoms with Crippen LogP contribution in [0.5, 0.6) is 0 Å². The highest BCUT2D eigenvalue weighted by atomic mass is 16.2. The van der Waals surface area contributed by atoms with Gasteiger partial charge in [0.15, 0.2) is 0 Å². The molecule has 82 valence electrons. The third kappa shape index (κ3) is 1.94. The Kier molecular flexibility index (Phi) is 2.96. The first-order valence-electron chi connectivity index (χ1n) is 5.56. The molecule has 0 N–H and O–H groups in total. The van der Waals surface area contributed by atoms with E-state index >= 15 is 0 Å². The van der Waals surface area contributed by atoms with Gasteiger partial charge in [-0.1, -0.05) is 23.6 Å². The van der Waals surface area contributed by atoms with Crippen molar-refractivity contribution in [3.8, 4) is 12.3 Å². The van der Waals surface area contributed by atoms with E-state index in [-0.39, 0.29) is 11.9 Å². The normalized spacial score (nSPS) is 19.5. The first-order chi connectivity index (χ1) is 7.72. The van der Waals surface area contributed by atoms with Crippen LogP contribution in [0, 0.1) is 19.3 Å². The van der Waals surface area contributed by atoms with E-state index in [9.17, 15) is 4.79 Å². The van der Waals surface area contributed by atoms with Crippen molar-refractivity contribution < 1.29 is 4.79 Å². The van der Waals surface area contributed by atoms with Gasteiger partial charge in [0, 0.05) is 12.1 Å². The van der Waals surface area contributed by atoms with Crippen molar-refractivity contribution in [2.24, 2.45) is 0 Å². The monoisotopic (exact) mass is 213 g/mol. The fourth-order valence-corrected chi connectivity index (χ4v) is 2.13. The fourth-order valence-electron chi connectivity index (χ4n) is 2.13. The molecule has 16 heavy (non-hydrogen) atoms. The molecular weight excluding hydrogens is 198 g/mol. The molecule has 1 aliphatic rings. The third-order valence-electron chi connectivity index (χ3n) is 2.97. The van der Waals surface area contributed by atoms with Gasteiger partial charge < -0.3 is 4.90 Å². The topological polar surface area (TPSA) is 20.3 Å². The average molecular weight is 213 g/mol. The molecule has 2 rings (SSSR count). The van der Waals surface area contributed by atoms with Crippen molar-refractivity contribution in [1.29, 1.82) is 0 Å². The van der Waals surface area contributed by atoms with Gasteiger partial charge in [0.2, 0.25) is 0 Å². The lowest BCUT2D eigenvalue weighted by molar-refractivity contribution is 0.0766. The second-order valence-electron chi connectivity index (χ2n) is 4.19. The molecule has 2 nitrogen and oxygen atoms in total. The summed E-state index contributed by atoms with van der Waals surface area (Å²) < 4.78 is 0. The summed E-state index contributed by atoms with van der Waals surface area (Å²) >= 11 is 0. The van der Waals surface area contributed by atoms with Crippen LogP contribution >= 0.6 is 0 Å². The van der Waals surface area contributed by atoms with Gasteiger partial charge >= 0.3 is 0 Å². The van der Waals surface area contributed by atoms with Crippen LogP contribution in [0.1, 0.15) is 28.8 Å². The number of hydrogen-bond acceptors (Lipinski definition) is 1. The Balaban J connectivity index is 2.23. The van der Waals surface area contributed by atoms with Crippen LogP contribution in [0.4, 0.5) is 0 Å². The minimum atomic E-state index is -0.0204. The second-order valence-corrected chi connectivity index (χ2v) is 4.19. The Hall–Kier alpha value is -1.75. The molecule has 1 aromatic carbocycles. The molecule has 1 aromatic rings. The number of terminal acetylenes is 1. The molecule has 1 unspecified atom stereocenters. The first-order valence-corrected chi connectivity index (χ1v) is 5.56. The lowest BCUT2D eigenvalue weighted by Crippen LogP contribution is -2.34. The highest BCUT2D eigenvalue weighted by Gasteiger charge is 2.27. The van der Waals surface area contributed by atoms with Crippen LogP contribution < -0.4 is 0 Å². The molecule has 1 saturated heterocycles. The van der Waals surface area contributed by atoms with E-state index in [1.807, 2.05) is 31.2 Å². The summed E-state index contributed by atoms with van der Waals surface area (Å²) in [7, 11) is 0. The Bertz CT molecular complexity index is 444. The predicted octanol–water partition coefficient (Wildman–Crippen LogP) is 2.23. The maximum Gasteiger partial charge on any atom is 0.254 e. The maximum absolute atomic E-state index is 12.2. The number of amides is 1. The third-order valence-corrected chi connectivity index (χ3v) is 2.97.